The van der Waals surface area contributed by atoms with Crippen molar-refractivity contribution in [3.8, 4) is 0 Å². The van der Waals surface area contributed by atoms with Gasteiger partial charge in [0.05, 0.1) is 10.1 Å². The van der Waals surface area contributed by atoms with Crippen LogP contribution in [0.5, 0.6) is 0 Å². The largest absolute Gasteiger partial charge is 0.205 e. The van der Waals surface area contributed by atoms with Crippen LogP contribution in [0.2, 0.25) is 5.02 Å². The van der Waals surface area contributed by atoms with Crippen LogP contribution >= 0.6 is 23.2 Å². The molecule has 0 aromatic heterocycles. The molecule has 0 radical (unpaired) electrons. The zero-order valence-corrected chi connectivity index (χ0v) is 12.6. The molecule has 0 spiro atoms. The van der Waals surface area contributed by atoms with E-state index in [4.69, 9.17) is 23.2 Å². The average Bonchev–Trinajstić information content (AvgIpc) is 2.55. The minimum Gasteiger partial charge on any atom is -0.205 e. The lowest BCUT2D eigenvalue weighted by Crippen LogP contribution is -1.89. The summed E-state index contributed by atoms with van der Waals surface area (Å²) in [5.41, 5.74) is 3.41. The summed E-state index contributed by atoms with van der Waals surface area (Å²) < 4.78 is 24.9. The van der Waals surface area contributed by atoms with Crippen LogP contribution in [0.15, 0.2) is 64.7 Å². The van der Waals surface area contributed by atoms with E-state index < -0.39 is 5.83 Å². The van der Waals surface area contributed by atoms with Gasteiger partial charge in [-0.2, -0.15) is 4.39 Å². The highest BCUT2D eigenvalue weighted by atomic mass is 35.5. The number of halogens is 4. The third kappa shape index (κ3) is 5.75. The predicted octanol–water partition coefficient (Wildman–Crippen LogP) is 6.19. The summed E-state index contributed by atoms with van der Waals surface area (Å²) >= 11 is 11.0. The molecule has 0 amide bonds. The predicted molar refractivity (Wildman–Crippen MR) is 81.0 cm³/mol. The Balaban J connectivity index is 0.000000217. The molecular weight excluding hydrogens is 301 g/mol. The lowest BCUT2D eigenvalue weighted by atomic mass is 10.0. The Morgan fingerprint density at radius 2 is 1.70 bits per heavy atom. The summed E-state index contributed by atoms with van der Waals surface area (Å²) in [4.78, 5) is 0. The molecule has 0 saturated carbocycles. The van der Waals surface area contributed by atoms with Gasteiger partial charge >= 0.3 is 0 Å². The van der Waals surface area contributed by atoms with Crippen molar-refractivity contribution in [2.45, 2.75) is 13.8 Å². The molecule has 1 aromatic rings. The summed E-state index contributed by atoms with van der Waals surface area (Å²) in [6, 6.07) is 6.12. The van der Waals surface area contributed by atoms with Gasteiger partial charge in [0.1, 0.15) is 5.82 Å². The summed E-state index contributed by atoms with van der Waals surface area (Å²) in [5.74, 6) is -0.441. The van der Waals surface area contributed by atoms with Gasteiger partial charge in [-0.3, -0.25) is 0 Å². The first kappa shape index (κ1) is 16.7. The monoisotopic (exact) mass is 314 g/mol. The van der Waals surface area contributed by atoms with Crippen molar-refractivity contribution in [1.29, 1.82) is 0 Å². The van der Waals surface area contributed by atoms with Crippen LogP contribution < -0.4 is 0 Å². The second-order valence-electron chi connectivity index (χ2n) is 4.37. The lowest BCUT2D eigenvalue weighted by Gasteiger charge is -2.03. The number of hydrogen-bond acceptors (Lipinski definition) is 0. The maximum atomic E-state index is 12.7. The molecule has 0 atom stereocenters. The molecule has 0 unspecified atom stereocenters. The van der Waals surface area contributed by atoms with Crippen LogP contribution in [0.25, 0.3) is 0 Å². The van der Waals surface area contributed by atoms with Gasteiger partial charge in [-0.25, -0.2) is 4.39 Å². The fourth-order valence-corrected chi connectivity index (χ4v) is 1.71. The van der Waals surface area contributed by atoms with Crippen LogP contribution in [0.1, 0.15) is 13.8 Å². The molecule has 0 nitrogen and oxygen atoms in total. The molecule has 0 heterocycles. The first-order valence-electron chi connectivity index (χ1n) is 6.01. The number of benzene rings is 1. The van der Waals surface area contributed by atoms with Crippen LogP contribution in [0.3, 0.4) is 0 Å². The molecule has 1 aliphatic rings. The Kier molecular flexibility index (Phi) is 6.74. The van der Waals surface area contributed by atoms with Crippen LogP contribution in [-0.2, 0) is 0 Å². The van der Waals surface area contributed by atoms with E-state index in [2.05, 4.69) is 5.73 Å². The van der Waals surface area contributed by atoms with Crippen molar-refractivity contribution in [3.05, 3.63) is 75.5 Å². The highest BCUT2D eigenvalue weighted by Gasteiger charge is 2.03. The fourth-order valence-electron chi connectivity index (χ4n) is 1.35. The van der Waals surface area contributed by atoms with E-state index in [1.165, 1.54) is 18.2 Å². The second kappa shape index (κ2) is 8.06. The van der Waals surface area contributed by atoms with Gasteiger partial charge < -0.3 is 0 Å². The fraction of sp³-hybridized carbons (Fsp3) is 0.188. The van der Waals surface area contributed by atoms with E-state index in [9.17, 15) is 8.78 Å². The molecule has 0 bridgehead atoms. The topological polar surface area (TPSA) is 0 Å². The van der Waals surface area contributed by atoms with Crippen LogP contribution in [0.4, 0.5) is 8.78 Å². The minimum absolute atomic E-state index is 0.174. The summed E-state index contributed by atoms with van der Waals surface area (Å²) in [6.07, 6.45) is 4.83. The van der Waals surface area contributed by atoms with Gasteiger partial charge in [0, 0.05) is 0 Å². The molecule has 0 aliphatic heterocycles. The normalized spacial score (nSPS) is 13.8. The van der Waals surface area contributed by atoms with Gasteiger partial charge in [0.2, 0.25) is 0 Å². The molecule has 4 heteroatoms. The van der Waals surface area contributed by atoms with E-state index in [-0.39, 0.29) is 10.8 Å². The lowest BCUT2D eigenvalue weighted by molar-refractivity contribution is 0.628. The molecule has 2 rings (SSSR count). The molecule has 0 fully saturated rings. The van der Waals surface area contributed by atoms with Gasteiger partial charge in [-0.1, -0.05) is 61.0 Å². The average molecular weight is 315 g/mol. The van der Waals surface area contributed by atoms with Gasteiger partial charge in [-0.15, -0.1) is 0 Å². The summed E-state index contributed by atoms with van der Waals surface area (Å²) in [6.45, 7) is 4.06. The van der Waals surface area contributed by atoms with Crippen molar-refractivity contribution in [2.24, 2.45) is 5.92 Å². The molecule has 1 aromatic carbocycles. The van der Waals surface area contributed by atoms with Crippen molar-refractivity contribution in [3.63, 3.8) is 0 Å². The van der Waals surface area contributed by atoms with Crippen molar-refractivity contribution in [1.82, 2.24) is 0 Å². The number of allylic oxidation sites excluding steroid dienone is 5. The first-order valence-corrected chi connectivity index (χ1v) is 6.77. The molecule has 20 heavy (non-hydrogen) atoms. The molecule has 106 valence electrons. The highest BCUT2D eigenvalue weighted by Crippen LogP contribution is 2.19. The third-order valence-corrected chi connectivity index (χ3v) is 2.96. The first-order chi connectivity index (χ1) is 9.40. The van der Waals surface area contributed by atoms with Gasteiger partial charge in [-0.05, 0) is 35.8 Å². The van der Waals surface area contributed by atoms with Crippen molar-refractivity contribution in [2.75, 3.05) is 0 Å². The number of hydrogen-bond donors (Lipinski definition) is 0. The maximum Gasteiger partial charge on any atom is 0.166 e. The molecule has 0 saturated heterocycles. The Labute approximate surface area is 127 Å². The molecule has 1 aliphatic carbocycles. The third-order valence-electron chi connectivity index (χ3n) is 2.45. The second-order valence-corrected chi connectivity index (χ2v) is 5.18. The van der Waals surface area contributed by atoms with E-state index in [0.29, 0.717) is 11.0 Å². The maximum absolute atomic E-state index is 12.7. The summed E-state index contributed by atoms with van der Waals surface area (Å²) in [7, 11) is 0. The number of rotatable bonds is 1. The Morgan fingerprint density at radius 1 is 1.05 bits per heavy atom. The van der Waals surface area contributed by atoms with Crippen LogP contribution in [-0.4, -0.2) is 0 Å². The zero-order chi connectivity index (χ0) is 15.1. The Morgan fingerprint density at radius 3 is 2.20 bits per heavy atom. The highest BCUT2D eigenvalue weighted by molar-refractivity contribution is 6.31. The zero-order valence-electron chi connectivity index (χ0n) is 11.1. The molecular formula is C16H14Cl2F2. The SMILES string of the molecule is CC(C)C1=CC(Cl)=C=C(F)C=C1.Fc1ccccc1Cl. The smallest absolute Gasteiger partial charge is 0.166 e. The van der Waals surface area contributed by atoms with Gasteiger partial charge in [0.25, 0.3) is 0 Å². The molecule has 0 N–H and O–H groups in total. The van der Waals surface area contributed by atoms with Gasteiger partial charge in [0.15, 0.2) is 5.83 Å². The van der Waals surface area contributed by atoms with E-state index >= 15 is 0 Å². The Hall–Kier alpha value is -1.34. The standard InChI is InChI=1S/C10H10ClF.C6H4ClF/c1-7(2)8-3-4-10(12)6-9(11)5-8;7-5-3-1-2-4-6(5)8/h3-5,7H,1-2H3;1-4H. The quantitative estimate of drug-likeness (QED) is 0.542. The minimum atomic E-state index is -0.424. The van der Waals surface area contributed by atoms with Crippen molar-refractivity contribution >= 4 is 23.2 Å². The Bertz CT molecular complexity index is 571. The summed E-state index contributed by atoms with van der Waals surface area (Å²) in [5, 5.41) is 0.494. The van der Waals surface area contributed by atoms with E-state index in [1.807, 2.05) is 13.8 Å². The van der Waals surface area contributed by atoms with Crippen molar-refractivity contribution < 1.29 is 8.78 Å². The van der Waals surface area contributed by atoms with Crippen LogP contribution in [0, 0.1) is 11.7 Å². The van der Waals surface area contributed by atoms with E-state index in [0.717, 1.165) is 5.57 Å². The van der Waals surface area contributed by atoms with E-state index in [1.54, 1.807) is 24.3 Å².